The second-order valence-corrected chi connectivity index (χ2v) is 26.4. The Morgan fingerprint density at radius 2 is 0.851 bits per heavy atom. The van der Waals surface area contributed by atoms with Gasteiger partial charge in [-0.05, 0) is 134 Å². The van der Waals surface area contributed by atoms with Crippen LogP contribution in [0, 0.1) is 0 Å². The highest BCUT2D eigenvalue weighted by Gasteiger charge is 2.42. The average molecular weight is 1310 g/mol. The number of likely N-dealkylation sites (tertiary alicyclic amines) is 2. The number of aromatic nitrogens is 2. The van der Waals surface area contributed by atoms with E-state index in [9.17, 15) is 28.8 Å². The van der Waals surface area contributed by atoms with Crippen molar-refractivity contribution in [2.75, 3.05) is 50.8 Å². The van der Waals surface area contributed by atoms with Gasteiger partial charge in [-0.1, -0.05) is 145 Å². The summed E-state index contributed by atoms with van der Waals surface area (Å²) in [5.41, 5.74) is 16.1. The van der Waals surface area contributed by atoms with E-state index in [2.05, 4.69) is 31.9 Å². The minimum atomic E-state index is -1.24. The van der Waals surface area contributed by atoms with Gasteiger partial charge < -0.3 is 53.2 Å². The second kappa shape index (κ2) is 32.7. The van der Waals surface area contributed by atoms with Crippen LogP contribution in [0.15, 0.2) is 146 Å². The molecule has 10 rings (SSSR count). The van der Waals surface area contributed by atoms with Crippen molar-refractivity contribution in [3.63, 3.8) is 0 Å². The highest BCUT2D eigenvalue weighted by molar-refractivity contribution is 8.76. The first-order chi connectivity index (χ1) is 45.7. The highest BCUT2D eigenvalue weighted by atomic mass is 33.1. The molecule has 94 heavy (non-hydrogen) atoms. The molecule has 2 aliphatic rings. The molecule has 6 aromatic carbocycles. The standard InChI is InChI=1S/C72H82N12O8S2/c1-3-55-53(39-51-37-47-23-11-13-25-49(47)41-57(51)77-55)65(85)81-61(71(91)83-33-15-27-63(83)69(89)79-59(67(87)75-31-17-29-73)35-45-19-7-5-8-20-45)43-93-94-44-62(82-66(86)54-40-52-38-48-24-12-14-26-50(48)42-58(52)78-56(54)4-2)72(92)84-34-16-28-64(84)70(90)80-60(68(88)76-32-18-30-74)36-46-21-9-6-10-22-46/h5-14,19-26,37-42,59-64H,3-4,15-18,27-36,43-44,73-74H2,1-2H3,(H,75,87)(H,76,88)(H,79,89)(H,80,90)(H,81,85)(H,82,86)/t59-,60-,61-,62?,63-,64-/m0/s1. The fourth-order valence-electron chi connectivity index (χ4n) is 12.3. The molecular formula is C72H82N12O8S2. The normalized spacial score (nSPS) is 15.9. The number of aryl methyl sites for hydroxylation is 2. The van der Waals surface area contributed by atoms with Crippen LogP contribution in [-0.2, 0) is 54.5 Å². The first-order valence-electron chi connectivity index (χ1n) is 32.5. The van der Waals surface area contributed by atoms with Gasteiger partial charge in [-0.25, -0.2) is 0 Å². The van der Waals surface area contributed by atoms with Gasteiger partial charge in [0.15, 0.2) is 0 Å². The van der Waals surface area contributed by atoms with Gasteiger partial charge in [-0.15, -0.1) is 0 Å². The molecule has 2 saturated heterocycles. The molecule has 8 amide bonds. The summed E-state index contributed by atoms with van der Waals surface area (Å²) in [5.74, 6) is -4.10. The van der Waals surface area contributed by atoms with Crippen molar-refractivity contribution >= 4 is 112 Å². The summed E-state index contributed by atoms with van der Waals surface area (Å²) in [5, 5.41) is 23.1. The maximum absolute atomic E-state index is 15.4. The third-order valence-corrected chi connectivity index (χ3v) is 19.7. The number of benzene rings is 6. The molecule has 22 heteroatoms. The molecule has 2 aliphatic heterocycles. The molecule has 2 fully saturated rings. The number of hydrogen-bond donors (Lipinski definition) is 8. The topological polar surface area (TPSA) is 293 Å². The Kier molecular flexibility index (Phi) is 23.7. The predicted molar refractivity (Wildman–Crippen MR) is 372 cm³/mol. The first kappa shape index (κ1) is 67.9. The zero-order valence-electron chi connectivity index (χ0n) is 53.1. The Hall–Kier alpha value is -8.96. The van der Waals surface area contributed by atoms with Gasteiger partial charge in [0.05, 0.1) is 33.5 Å². The molecule has 10 N–H and O–H groups in total. The summed E-state index contributed by atoms with van der Waals surface area (Å²) in [6.45, 7) is 5.55. The van der Waals surface area contributed by atoms with Gasteiger partial charge in [0.1, 0.15) is 36.3 Å². The van der Waals surface area contributed by atoms with Gasteiger partial charge in [0.25, 0.3) is 11.8 Å². The number of nitrogens with one attached hydrogen (secondary N) is 6. The number of carbonyl (C=O) groups excluding carboxylic acids is 8. The van der Waals surface area contributed by atoms with Crippen molar-refractivity contribution in [2.24, 2.45) is 11.5 Å². The Morgan fingerprint density at radius 1 is 0.479 bits per heavy atom. The van der Waals surface area contributed by atoms with Crippen molar-refractivity contribution in [2.45, 2.75) is 114 Å². The second-order valence-electron chi connectivity index (χ2n) is 23.8. The molecule has 6 atom stereocenters. The van der Waals surface area contributed by atoms with Crippen LogP contribution >= 0.6 is 21.6 Å². The molecule has 2 aromatic heterocycles. The zero-order chi connectivity index (χ0) is 66.1. The van der Waals surface area contributed by atoms with Crippen molar-refractivity contribution < 1.29 is 38.4 Å². The Bertz CT molecular complexity index is 3790. The van der Waals surface area contributed by atoms with Gasteiger partial charge in [-0.2, -0.15) is 0 Å². The smallest absolute Gasteiger partial charge is 0.253 e. The summed E-state index contributed by atoms with van der Waals surface area (Å²) < 4.78 is 0. The lowest BCUT2D eigenvalue weighted by molar-refractivity contribution is -0.140. The molecule has 8 aromatic rings. The summed E-state index contributed by atoms with van der Waals surface area (Å²) >= 11 is 0. The van der Waals surface area contributed by atoms with Crippen LogP contribution in [0.5, 0.6) is 0 Å². The number of carbonyl (C=O) groups is 8. The number of nitrogens with zero attached hydrogens (tertiary/aromatic N) is 4. The Morgan fingerprint density at radius 3 is 1.22 bits per heavy atom. The zero-order valence-corrected chi connectivity index (χ0v) is 54.7. The molecular weight excluding hydrogens is 1230 g/mol. The molecule has 0 saturated carbocycles. The van der Waals surface area contributed by atoms with Crippen LogP contribution in [0.1, 0.15) is 95.6 Å². The van der Waals surface area contributed by atoms with Crippen LogP contribution in [0.25, 0.3) is 43.4 Å². The largest absolute Gasteiger partial charge is 0.354 e. The summed E-state index contributed by atoms with van der Waals surface area (Å²) in [6, 6.07) is 39.5. The van der Waals surface area contributed by atoms with E-state index in [1.54, 1.807) is 12.1 Å². The highest BCUT2D eigenvalue weighted by Crippen LogP contribution is 2.31. The van der Waals surface area contributed by atoms with E-state index in [4.69, 9.17) is 21.4 Å². The Labute approximate surface area is 555 Å². The third-order valence-electron chi connectivity index (χ3n) is 17.3. The quantitative estimate of drug-likeness (QED) is 0.0135. The molecule has 0 radical (unpaired) electrons. The summed E-state index contributed by atoms with van der Waals surface area (Å²) in [6.07, 6.45) is 3.81. The van der Waals surface area contributed by atoms with Crippen LogP contribution < -0.4 is 43.4 Å². The van der Waals surface area contributed by atoms with E-state index in [0.717, 1.165) is 43.4 Å². The van der Waals surface area contributed by atoms with Crippen molar-refractivity contribution in [3.8, 4) is 0 Å². The lowest BCUT2D eigenvalue weighted by atomic mass is 10.0. The molecule has 20 nitrogen and oxygen atoms in total. The van der Waals surface area contributed by atoms with E-state index in [1.165, 1.54) is 31.4 Å². The molecule has 490 valence electrons. The van der Waals surface area contributed by atoms with Gasteiger partial charge in [-0.3, -0.25) is 48.3 Å². The van der Waals surface area contributed by atoms with Gasteiger partial charge >= 0.3 is 0 Å². The predicted octanol–water partition coefficient (Wildman–Crippen LogP) is 6.86. The van der Waals surface area contributed by atoms with Crippen molar-refractivity contribution in [3.05, 3.63) is 179 Å². The maximum Gasteiger partial charge on any atom is 0.253 e. The molecule has 0 bridgehead atoms. The molecule has 0 aliphatic carbocycles. The summed E-state index contributed by atoms with van der Waals surface area (Å²) in [4.78, 5) is 130. The van der Waals surface area contributed by atoms with E-state index in [1.807, 2.05) is 147 Å². The third kappa shape index (κ3) is 16.9. The lowest BCUT2D eigenvalue weighted by Crippen LogP contribution is -2.57. The minimum absolute atomic E-state index is 0.0599. The minimum Gasteiger partial charge on any atom is -0.354 e. The van der Waals surface area contributed by atoms with Crippen LogP contribution in [0.3, 0.4) is 0 Å². The SMILES string of the molecule is CCc1nc2cc3ccccc3cc2cc1C(=O)NC(CSSC[C@H](NC(=O)c1cc2cc3ccccc3cc2nc1CC)C(=O)N1CCC[C@H]1C(=O)N[C@@H](Cc1ccccc1)C(=O)NCCCN)C(=O)N1CCC[C@H]1C(=O)N[C@@H](Cc1ccccc1)C(=O)NCCCN. The number of hydrogen-bond acceptors (Lipinski definition) is 14. The molecule has 1 unspecified atom stereocenters. The van der Waals surface area contributed by atoms with E-state index in [-0.39, 0.29) is 60.4 Å². The van der Waals surface area contributed by atoms with E-state index < -0.39 is 71.7 Å². The number of amides is 8. The van der Waals surface area contributed by atoms with Crippen molar-refractivity contribution in [1.82, 2.24) is 51.7 Å². The van der Waals surface area contributed by atoms with Crippen molar-refractivity contribution in [1.29, 1.82) is 0 Å². The number of pyridine rings is 2. The monoisotopic (exact) mass is 1310 g/mol. The fraction of sp³-hybridized carbons (Fsp3) is 0.361. The van der Waals surface area contributed by atoms with Gasteiger partial charge in [0, 0.05) is 61.3 Å². The number of fused-ring (bicyclic) bond motifs is 4. The van der Waals surface area contributed by atoms with E-state index in [0.29, 0.717) is 100.0 Å². The summed E-state index contributed by atoms with van der Waals surface area (Å²) in [7, 11) is 2.39. The van der Waals surface area contributed by atoms with Crippen LogP contribution in [0.2, 0.25) is 0 Å². The van der Waals surface area contributed by atoms with E-state index >= 15 is 9.59 Å². The fourth-order valence-corrected chi connectivity index (χ4v) is 14.6. The average Bonchev–Trinajstić information content (AvgIpc) is 0.988. The van der Waals surface area contributed by atoms with Gasteiger partial charge in [0.2, 0.25) is 35.4 Å². The molecule has 0 spiro atoms. The first-order valence-corrected chi connectivity index (χ1v) is 35.0. The number of nitrogens with two attached hydrogens (primary N) is 2. The van der Waals surface area contributed by atoms with Crippen LogP contribution in [0.4, 0.5) is 0 Å². The Balaban J connectivity index is 0.932. The van der Waals surface area contributed by atoms with Crippen LogP contribution in [-0.4, -0.2) is 154 Å². The lowest BCUT2D eigenvalue weighted by Gasteiger charge is -2.30. The number of rotatable bonds is 29. The molecule has 4 heterocycles. The maximum atomic E-state index is 15.4.